The average Bonchev–Trinajstić information content (AvgIpc) is 2.43. The van der Waals surface area contributed by atoms with Crippen LogP contribution in [0, 0.1) is 6.92 Å². The lowest BCUT2D eigenvalue weighted by molar-refractivity contribution is -0.0864. The molecule has 0 bridgehead atoms. The zero-order valence-corrected chi connectivity index (χ0v) is 14.0. The van der Waals surface area contributed by atoms with Crippen LogP contribution in [0.4, 0.5) is 0 Å². The molecule has 1 aliphatic heterocycles. The lowest BCUT2D eigenvalue weighted by atomic mass is 9.98. The number of morpholine rings is 1. The molecule has 1 unspecified atom stereocenters. The number of hydrogen-bond donors (Lipinski definition) is 1. The van der Waals surface area contributed by atoms with E-state index in [0.717, 1.165) is 39.2 Å². The summed E-state index contributed by atoms with van der Waals surface area (Å²) in [5.41, 5.74) is 2.81. The van der Waals surface area contributed by atoms with E-state index in [1.54, 1.807) is 0 Å². The monoisotopic (exact) mass is 290 g/mol. The fourth-order valence-corrected chi connectivity index (χ4v) is 3.21. The van der Waals surface area contributed by atoms with E-state index in [9.17, 15) is 0 Å². The normalized spacial score (nSPS) is 20.4. The van der Waals surface area contributed by atoms with Gasteiger partial charge in [-0.3, -0.25) is 4.90 Å². The molecule has 1 aliphatic rings. The van der Waals surface area contributed by atoms with Crippen molar-refractivity contribution >= 4 is 0 Å². The molecule has 1 fully saturated rings. The Labute approximate surface area is 129 Å². The first kappa shape index (κ1) is 16.5. The minimum Gasteiger partial charge on any atom is -0.373 e. The van der Waals surface area contributed by atoms with Crippen molar-refractivity contribution in [3.8, 4) is 0 Å². The molecule has 3 heteroatoms. The van der Waals surface area contributed by atoms with Crippen LogP contribution in [0.25, 0.3) is 0 Å². The fourth-order valence-electron chi connectivity index (χ4n) is 3.21. The maximum absolute atomic E-state index is 5.80. The molecule has 1 saturated heterocycles. The van der Waals surface area contributed by atoms with Gasteiger partial charge in [0.05, 0.1) is 12.2 Å². The van der Waals surface area contributed by atoms with Gasteiger partial charge in [-0.25, -0.2) is 0 Å². The summed E-state index contributed by atoms with van der Waals surface area (Å²) in [4.78, 5) is 2.53. The van der Waals surface area contributed by atoms with Gasteiger partial charge in [-0.1, -0.05) is 31.2 Å². The van der Waals surface area contributed by atoms with Crippen molar-refractivity contribution in [2.75, 3.05) is 32.8 Å². The summed E-state index contributed by atoms with van der Waals surface area (Å²) < 4.78 is 5.80. The van der Waals surface area contributed by atoms with E-state index in [2.05, 4.69) is 62.2 Å². The molecule has 0 spiro atoms. The number of nitrogens with one attached hydrogen (secondary N) is 1. The summed E-state index contributed by atoms with van der Waals surface area (Å²) in [6.45, 7) is 13.8. The molecule has 1 N–H and O–H groups in total. The van der Waals surface area contributed by atoms with Gasteiger partial charge < -0.3 is 10.1 Å². The lowest BCUT2D eigenvalue weighted by Crippen LogP contribution is -2.48. The minimum atomic E-state index is -0.00536. The van der Waals surface area contributed by atoms with E-state index in [1.165, 1.54) is 11.1 Å². The van der Waals surface area contributed by atoms with Crippen molar-refractivity contribution in [2.24, 2.45) is 0 Å². The molecular weight excluding hydrogens is 260 g/mol. The molecule has 1 heterocycles. The Kier molecular flexibility index (Phi) is 5.80. The minimum absolute atomic E-state index is 0.00536. The predicted molar refractivity (Wildman–Crippen MR) is 88.7 cm³/mol. The van der Waals surface area contributed by atoms with Crippen LogP contribution in [0.15, 0.2) is 24.3 Å². The first-order valence-electron chi connectivity index (χ1n) is 8.17. The van der Waals surface area contributed by atoms with Crippen LogP contribution in [0.1, 0.15) is 44.4 Å². The molecule has 0 aliphatic carbocycles. The zero-order chi connectivity index (χ0) is 15.3. The largest absolute Gasteiger partial charge is 0.373 e. The van der Waals surface area contributed by atoms with Crippen molar-refractivity contribution in [3.05, 3.63) is 35.4 Å². The molecule has 1 aromatic carbocycles. The number of hydrogen-bond acceptors (Lipinski definition) is 3. The van der Waals surface area contributed by atoms with Crippen molar-refractivity contribution in [1.29, 1.82) is 0 Å². The van der Waals surface area contributed by atoms with Crippen molar-refractivity contribution in [3.63, 3.8) is 0 Å². The van der Waals surface area contributed by atoms with Gasteiger partial charge in [0.2, 0.25) is 0 Å². The van der Waals surface area contributed by atoms with E-state index >= 15 is 0 Å². The van der Waals surface area contributed by atoms with Crippen LogP contribution >= 0.6 is 0 Å². The van der Waals surface area contributed by atoms with Crippen LogP contribution in [0.2, 0.25) is 0 Å². The molecular formula is C18H30N2O. The Bertz CT molecular complexity index is 445. The molecule has 2 rings (SSSR count). The highest BCUT2D eigenvalue weighted by molar-refractivity contribution is 5.28. The smallest absolute Gasteiger partial charge is 0.0753 e. The summed E-state index contributed by atoms with van der Waals surface area (Å²) in [6.07, 6.45) is 1.15. The van der Waals surface area contributed by atoms with Crippen molar-refractivity contribution in [1.82, 2.24) is 10.2 Å². The predicted octanol–water partition coefficient (Wildman–Crippen LogP) is 3.15. The molecule has 0 aromatic heterocycles. The van der Waals surface area contributed by atoms with Crippen LogP contribution in [-0.4, -0.2) is 43.3 Å². The van der Waals surface area contributed by atoms with Gasteiger partial charge in [0, 0.05) is 25.7 Å². The highest BCUT2D eigenvalue weighted by Crippen LogP contribution is 2.22. The first-order chi connectivity index (χ1) is 10.0. The van der Waals surface area contributed by atoms with E-state index in [-0.39, 0.29) is 5.60 Å². The van der Waals surface area contributed by atoms with Crippen LogP contribution in [0.5, 0.6) is 0 Å². The summed E-state index contributed by atoms with van der Waals surface area (Å²) in [6, 6.07) is 9.17. The number of rotatable bonds is 6. The van der Waals surface area contributed by atoms with E-state index in [0.29, 0.717) is 6.04 Å². The highest BCUT2D eigenvalue weighted by atomic mass is 16.5. The number of benzene rings is 1. The molecule has 1 aromatic rings. The molecule has 0 radical (unpaired) electrons. The third-order valence-electron chi connectivity index (χ3n) is 4.25. The maximum Gasteiger partial charge on any atom is 0.0753 e. The topological polar surface area (TPSA) is 24.5 Å². The Morgan fingerprint density at radius 2 is 2.10 bits per heavy atom. The number of aryl methyl sites for hydroxylation is 1. The zero-order valence-electron chi connectivity index (χ0n) is 14.0. The molecule has 1 atom stereocenters. The average molecular weight is 290 g/mol. The van der Waals surface area contributed by atoms with Gasteiger partial charge in [0.25, 0.3) is 0 Å². The molecule has 118 valence electrons. The fraction of sp³-hybridized carbons (Fsp3) is 0.667. The van der Waals surface area contributed by atoms with Gasteiger partial charge in [0.1, 0.15) is 0 Å². The summed E-state index contributed by atoms with van der Waals surface area (Å²) in [5.74, 6) is 0. The summed E-state index contributed by atoms with van der Waals surface area (Å²) >= 11 is 0. The summed E-state index contributed by atoms with van der Waals surface area (Å²) in [5, 5.41) is 3.64. The Morgan fingerprint density at radius 3 is 2.76 bits per heavy atom. The van der Waals surface area contributed by atoms with Gasteiger partial charge in [-0.05, 0) is 44.9 Å². The number of ether oxygens (including phenoxy) is 1. The number of nitrogens with zero attached hydrogens (tertiary/aromatic N) is 1. The SMILES string of the molecule is CCNC(CCN1CCOC(C)(C)C1)c1ccccc1C. The molecule has 3 nitrogen and oxygen atoms in total. The third kappa shape index (κ3) is 4.80. The second-order valence-electron chi connectivity index (χ2n) is 6.64. The lowest BCUT2D eigenvalue weighted by Gasteiger charge is -2.38. The maximum atomic E-state index is 5.80. The van der Waals surface area contributed by atoms with Gasteiger partial charge in [-0.15, -0.1) is 0 Å². The summed E-state index contributed by atoms with van der Waals surface area (Å²) in [7, 11) is 0. The third-order valence-corrected chi connectivity index (χ3v) is 4.25. The Balaban J connectivity index is 1.96. The van der Waals surface area contributed by atoms with Crippen molar-refractivity contribution < 1.29 is 4.74 Å². The first-order valence-corrected chi connectivity index (χ1v) is 8.17. The van der Waals surface area contributed by atoms with Gasteiger partial charge in [0.15, 0.2) is 0 Å². The van der Waals surface area contributed by atoms with Gasteiger partial charge in [-0.2, -0.15) is 0 Å². The van der Waals surface area contributed by atoms with E-state index < -0.39 is 0 Å². The quantitative estimate of drug-likeness (QED) is 0.871. The van der Waals surface area contributed by atoms with Gasteiger partial charge >= 0.3 is 0 Å². The Hall–Kier alpha value is -0.900. The van der Waals surface area contributed by atoms with E-state index in [4.69, 9.17) is 4.74 Å². The van der Waals surface area contributed by atoms with Crippen LogP contribution in [-0.2, 0) is 4.74 Å². The second-order valence-corrected chi connectivity index (χ2v) is 6.64. The van der Waals surface area contributed by atoms with Crippen LogP contribution < -0.4 is 5.32 Å². The van der Waals surface area contributed by atoms with E-state index in [1.807, 2.05) is 0 Å². The standard InChI is InChI=1S/C18H30N2O/c1-5-19-17(16-9-7-6-8-15(16)2)10-11-20-12-13-21-18(3,4)14-20/h6-9,17,19H,5,10-14H2,1-4H3. The van der Waals surface area contributed by atoms with Crippen molar-refractivity contribution in [2.45, 2.75) is 45.8 Å². The molecule has 0 saturated carbocycles. The Morgan fingerprint density at radius 1 is 1.33 bits per heavy atom. The molecule has 0 amide bonds. The second kappa shape index (κ2) is 7.39. The molecule has 21 heavy (non-hydrogen) atoms. The highest BCUT2D eigenvalue weighted by Gasteiger charge is 2.27. The van der Waals surface area contributed by atoms with Crippen LogP contribution in [0.3, 0.4) is 0 Å².